The quantitative estimate of drug-likeness (QED) is 0.622. The van der Waals surface area contributed by atoms with Gasteiger partial charge < -0.3 is 10.6 Å². The third kappa shape index (κ3) is 1.96. The van der Waals surface area contributed by atoms with Gasteiger partial charge in [0.05, 0.1) is 0 Å². The number of rotatable bonds is 2. The molecule has 1 rings (SSSR count). The van der Waals surface area contributed by atoms with E-state index in [2.05, 4.69) is 24.5 Å². The van der Waals surface area contributed by atoms with Crippen molar-refractivity contribution in [3.8, 4) is 0 Å². The average Bonchev–Trinajstić information content (AvgIpc) is 1.99. The van der Waals surface area contributed by atoms with Gasteiger partial charge in [0, 0.05) is 18.8 Å². The third-order valence-corrected chi connectivity index (χ3v) is 2.48. The number of hydrogen-bond acceptors (Lipinski definition) is 2. The zero-order chi connectivity index (χ0) is 8.27. The fourth-order valence-corrected chi connectivity index (χ4v) is 1.47. The molecule has 2 heteroatoms. The predicted molar refractivity (Wildman–Crippen MR) is 48.4 cm³/mol. The highest BCUT2D eigenvalue weighted by molar-refractivity contribution is 5.17. The molecule has 0 aromatic heterocycles. The maximum atomic E-state index is 3.42. The van der Waals surface area contributed by atoms with Gasteiger partial charge in [-0.1, -0.05) is 12.5 Å². The summed E-state index contributed by atoms with van der Waals surface area (Å²) < 4.78 is 0. The minimum Gasteiger partial charge on any atom is -0.387 e. The van der Waals surface area contributed by atoms with Crippen LogP contribution in [-0.2, 0) is 0 Å². The fourth-order valence-electron chi connectivity index (χ4n) is 1.47. The SMILES string of the molecule is CNCC1=C(C)C(C)CCN1. The Morgan fingerprint density at radius 1 is 1.64 bits per heavy atom. The predicted octanol–water partition coefficient (Wildman–Crippen LogP) is 1.11. The number of nitrogens with one attached hydrogen (secondary N) is 2. The molecule has 2 nitrogen and oxygen atoms in total. The molecule has 0 spiro atoms. The zero-order valence-electron chi connectivity index (χ0n) is 7.70. The molecular weight excluding hydrogens is 136 g/mol. The van der Waals surface area contributed by atoms with Crippen molar-refractivity contribution in [1.29, 1.82) is 0 Å². The summed E-state index contributed by atoms with van der Waals surface area (Å²) in [5, 5.41) is 6.59. The summed E-state index contributed by atoms with van der Waals surface area (Å²) in [4.78, 5) is 0. The summed E-state index contributed by atoms with van der Waals surface area (Å²) in [6.07, 6.45) is 1.28. The van der Waals surface area contributed by atoms with E-state index in [9.17, 15) is 0 Å². The molecule has 2 N–H and O–H groups in total. The van der Waals surface area contributed by atoms with Gasteiger partial charge in [-0.3, -0.25) is 0 Å². The molecule has 0 saturated heterocycles. The molecule has 64 valence electrons. The van der Waals surface area contributed by atoms with Crippen molar-refractivity contribution in [3.63, 3.8) is 0 Å². The van der Waals surface area contributed by atoms with Crippen LogP contribution in [0.4, 0.5) is 0 Å². The molecule has 1 aliphatic heterocycles. The number of allylic oxidation sites excluding steroid dienone is 1. The van der Waals surface area contributed by atoms with E-state index in [-0.39, 0.29) is 0 Å². The van der Waals surface area contributed by atoms with E-state index < -0.39 is 0 Å². The van der Waals surface area contributed by atoms with Gasteiger partial charge in [-0.2, -0.15) is 0 Å². The maximum Gasteiger partial charge on any atom is 0.0351 e. The van der Waals surface area contributed by atoms with Crippen LogP contribution in [0.2, 0.25) is 0 Å². The number of likely N-dealkylation sites (N-methyl/N-ethyl adjacent to an activating group) is 1. The van der Waals surface area contributed by atoms with Crippen LogP contribution in [0.1, 0.15) is 20.3 Å². The molecule has 1 unspecified atom stereocenters. The van der Waals surface area contributed by atoms with E-state index in [1.165, 1.54) is 17.7 Å². The van der Waals surface area contributed by atoms with E-state index in [0.29, 0.717) is 0 Å². The lowest BCUT2D eigenvalue weighted by Crippen LogP contribution is -2.31. The summed E-state index contributed by atoms with van der Waals surface area (Å²) >= 11 is 0. The topological polar surface area (TPSA) is 24.1 Å². The molecule has 0 radical (unpaired) electrons. The Hall–Kier alpha value is -0.500. The molecule has 0 fully saturated rings. The maximum absolute atomic E-state index is 3.42. The van der Waals surface area contributed by atoms with Crippen molar-refractivity contribution in [2.45, 2.75) is 20.3 Å². The van der Waals surface area contributed by atoms with Crippen molar-refractivity contribution in [3.05, 3.63) is 11.3 Å². The standard InChI is InChI=1S/C9H18N2/c1-7-4-5-11-9(6-10-3)8(7)2/h7,10-11H,4-6H2,1-3H3. The highest BCUT2D eigenvalue weighted by Gasteiger charge is 2.13. The Kier molecular flexibility index (Phi) is 2.94. The molecule has 0 amide bonds. The number of hydrogen-bond donors (Lipinski definition) is 2. The Labute approximate surface area is 69.1 Å². The molecule has 0 aromatic carbocycles. The Balaban J connectivity index is 2.63. The van der Waals surface area contributed by atoms with Crippen LogP contribution >= 0.6 is 0 Å². The first-order valence-electron chi connectivity index (χ1n) is 4.33. The largest absolute Gasteiger partial charge is 0.387 e. The van der Waals surface area contributed by atoms with Crippen LogP contribution in [0.15, 0.2) is 11.3 Å². The minimum atomic E-state index is 0.764. The minimum absolute atomic E-state index is 0.764. The molecule has 1 atom stereocenters. The molecule has 0 aliphatic carbocycles. The lowest BCUT2D eigenvalue weighted by molar-refractivity contribution is 0.523. The molecule has 0 bridgehead atoms. The van der Waals surface area contributed by atoms with Crippen LogP contribution in [0.5, 0.6) is 0 Å². The second kappa shape index (κ2) is 3.77. The first-order chi connectivity index (χ1) is 5.25. The van der Waals surface area contributed by atoms with Crippen LogP contribution in [0.3, 0.4) is 0 Å². The van der Waals surface area contributed by atoms with Gasteiger partial charge >= 0.3 is 0 Å². The molecule has 11 heavy (non-hydrogen) atoms. The van der Waals surface area contributed by atoms with E-state index in [0.717, 1.165) is 19.0 Å². The normalized spacial score (nSPS) is 25.2. The molecule has 0 aromatic rings. The van der Waals surface area contributed by atoms with Crippen LogP contribution in [0, 0.1) is 5.92 Å². The van der Waals surface area contributed by atoms with Gasteiger partial charge in [-0.05, 0) is 26.3 Å². The van der Waals surface area contributed by atoms with Gasteiger partial charge in [0.1, 0.15) is 0 Å². The summed E-state index contributed by atoms with van der Waals surface area (Å²) in [5.41, 5.74) is 2.91. The Bertz CT molecular complexity index is 161. The lowest BCUT2D eigenvalue weighted by Gasteiger charge is -2.25. The van der Waals surface area contributed by atoms with Gasteiger partial charge in [-0.15, -0.1) is 0 Å². The first-order valence-corrected chi connectivity index (χ1v) is 4.33. The highest BCUT2D eigenvalue weighted by Crippen LogP contribution is 2.19. The van der Waals surface area contributed by atoms with Crippen molar-refractivity contribution >= 4 is 0 Å². The lowest BCUT2D eigenvalue weighted by atomic mass is 9.94. The summed E-state index contributed by atoms with van der Waals surface area (Å²) in [7, 11) is 1.99. The van der Waals surface area contributed by atoms with Crippen molar-refractivity contribution in [1.82, 2.24) is 10.6 Å². The molecular formula is C9H18N2. The second-order valence-electron chi connectivity index (χ2n) is 3.31. The van der Waals surface area contributed by atoms with E-state index in [1.54, 1.807) is 0 Å². The molecule has 1 heterocycles. The molecule has 0 saturated carbocycles. The van der Waals surface area contributed by atoms with E-state index >= 15 is 0 Å². The van der Waals surface area contributed by atoms with E-state index in [1.807, 2.05) is 7.05 Å². The van der Waals surface area contributed by atoms with Crippen LogP contribution in [0.25, 0.3) is 0 Å². The Morgan fingerprint density at radius 3 is 3.00 bits per heavy atom. The fraction of sp³-hybridized carbons (Fsp3) is 0.778. The highest BCUT2D eigenvalue weighted by atomic mass is 15.0. The van der Waals surface area contributed by atoms with Crippen molar-refractivity contribution < 1.29 is 0 Å². The third-order valence-electron chi connectivity index (χ3n) is 2.48. The van der Waals surface area contributed by atoms with Gasteiger partial charge in [-0.25, -0.2) is 0 Å². The first kappa shape index (κ1) is 8.60. The second-order valence-corrected chi connectivity index (χ2v) is 3.31. The van der Waals surface area contributed by atoms with Gasteiger partial charge in [0.15, 0.2) is 0 Å². The molecule has 1 aliphatic rings. The summed E-state index contributed by atoms with van der Waals surface area (Å²) in [6.45, 7) is 6.64. The summed E-state index contributed by atoms with van der Waals surface area (Å²) in [6, 6.07) is 0. The average molecular weight is 154 g/mol. The summed E-state index contributed by atoms with van der Waals surface area (Å²) in [5.74, 6) is 0.764. The Morgan fingerprint density at radius 2 is 2.36 bits per heavy atom. The van der Waals surface area contributed by atoms with Crippen LogP contribution in [-0.4, -0.2) is 20.1 Å². The van der Waals surface area contributed by atoms with Crippen molar-refractivity contribution in [2.24, 2.45) is 5.92 Å². The zero-order valence-corrected chi connectivity index (χ0v) is 7.70. The monoisotopic (exact) mass is 154 g/mol. The van der Waals surface area contributed by atoms with Crippen LogP contribution < -0.4 is 10.6 Å². The van der Waals surface area contributed by atoms with Crippen molar-refractivity contribution in [2.75, 3.05) is 20.1 Å². The van der Waals surface area contributed by atoms with E-state index in [4.69, 9.17) is 0 Å². The smallest absolute Gasteiger partial charge is 0.0351 e. The van der Waals surface area contributed by atoms with Gasteiger partial charge in [0.25, 0.3) is 0 Å². The van der Waals surface area contributed by atoms with Gasteiger partial charge in [0.2, 0.25) is 0 Å².